The summed E-state index contributed by atoms with van der Waals surface area (Å²) in [7, 11) is 0. The van der Waals surface area contributed by atoms with Crippen molar-refractivity contribution in [3.05, 3.63) is 24.5 Å². The number of ether oxygens (including phenoxy) is 3. The number of pyridine rings is 1. The number of nitrogens with zero attached hydrogens (tertiary/aromatic N) is 2. The minimum atomic E-state index is 0.123. The van der Waals surface area contributed by atoms with Crippen LogP contribution in [0.2, 0.25) is 0 Å². The number of hydrogen-bond acceptors (Lipinski definition) is 5. The molecule has 0 aromatic carbocycles. The van der Waals surface area contributed by atoms with Gasteiger partial charge in [-0.25, -0.2) is 0 Å². The second-order valence-electron chi connectivity index (χ2n) is 7.88. The first-order chi connectivity index (χ1) is 12.3. The molecular weight excluding hydrogens is 316 g/mol. The maximum Gasteiger partial charge on any atom is 0.137 e. The summed E-state index contributed by atoms with van der Waals surface area (Å²) in [5.74, 6) is 1.65. The molecule has 5 heteroatoms. The van der Waals surface area contributed by atoms with Crippen molar-refractivity contribution in [1.82, 2.24) is 9.88 Å². The smallest absolute Gasteiger partial charge is 0.137 e. The molecule has 3 aliphatic heterocycles. The van der Waals surface area contributed by atoms with Crippen molar-refractivity contribution in [3.63, 3.8) is 0 Å². The first-order valence-corrected chi connectivity index (χ1v) is 9.79. The summed E-state index contributed by atoms with van der Waals surface area (Å²) in [6.07, 6.45) is 9.79. The zero-order chi connectivity index (χ0) is 17.0. The van der Waals surface area contributed by atoms with Crippen LogP contribution in [0.1, 0.15) is 32.1 Å². The van der Waals surface area contributed by atoms with Gasteiger partial charge in [0.2, 0.25) is 0 Å². The molecule has 5 nitrogen and oxygen atoms in total. The van der Waals surface area contributed by atoms with Crippen LogP contribution in [0.3, 0.4) is 0 Å². The highest BCUT2D eigenvalue weighted by Gasteiger charge is 2.46. The van der Waals surface area contributed by atoms with E-state index in [-0.39, 0.29) is 5.41 Å². The number of piperidine rings is 1. The number of hydrogen-bond donors (Lipinski definition) is 0. The van der Waals surface area contributed by atoms with Gasteiger partial charge in [0.25, 0.3) is 0 Å². The van der Waals surface area contributed by atoms with E-state index in [0.29, 0.717) is 6.10 Å². The highest BCUT2D eigenvalue weighted by molar-refractivity contribution is 5.16. The van der Waals surface area contributed by atoms with Gasteiger partial charge in [0.05, 0.1) is 18.9 Å². The van der Waals surface area contributed by atoms with Gasteiger partial charge in [-0.05, 0) is 50.2 Å². The normalized spacial score (nSPS) is 31.4. The molecule has 0 bridgehead atoms. The van der Waals surface area contributed by atoms with Gasteiger partial charge in [-0.1, -0.05) is 0 Å². The first kappa shape index (κ1) is 17.3. The molecule has 3 saturated heterocycles. The van der Waals surface area contributed by atoms with Crippen molar-refractivity contribution in [2.75, 3.05) is 46.1 Å². The van der Waals surface area contributed by atoms with Crippen LogP contribution in [0, 0.1) is 11.3 Å². The SMILES string of the molecule is c1cncc(OC[C@@]23CCCO[C@@H]2CCN(CC2CCOCC2)C3)c1. The first-order valence-electron chi connectivity index (χ1n) is 9.79. The number of fused-ring (bicyclic) bond motifs is 1. The van der Waals surface area contributed by atoms with Crippen LogP contribution in [-0.2, 0) is 9.47 Å². The summed E-state index contributed by atoms with van der Waals surface area (Å²) in [4.78, 5) is 6.82. The van der Waals surface area contributed by atoms with Crippen molar-refractivity contribution < 1.29 is 14.2 Å². The van der Waals surface area contributed by atoms with Crippen LogP contribution in [0.15, 0.2) is 24.5 Å². The highest BCUT2D eigenvalue weighted by Crippen LogP contribution is 2.41. The molecule has 3 fully saturated rings. The lowest BCUT2D eigenvalue weighted by Crippen LogP contribution is -2.58. The molecule has 0 saturated carbocycles. The number of rotatable bonds is 5. The molecule has 0 aliphatic carbocycles. The summed E-state index contributed by atoms with van der Waals surface area (Å²) >= 11 is 0. The second-order valence-corrected chi connectivity index (χ2v) is 7.88. The Labute approximate surface area is 150 Å². The van der Waals surface area contributed by atoms with E-state index < -0.39 is 0 Å². The Kier molecular flexibility index (Phi) is 5.54. The lowest BCUT2D eigenvalue weighted by Gasteiger charge is -2.50. The number of likely N-dealkylation sites (tertiary alicyclic amines) is 1. The lowest BCUT2D eigenvalue weighted by molar-refractivity contribution is -0.142. The van der Waals surface area contributed by atoms with Crippen LogP contribution < -0.4 is 4.74 Å². The molecule has 138 valence electrons. The van der Waals surface area contributed by atoms with E-state index in [2.05, 4.69) is 9.88 Å². The lowest BCUT2D eigenvalue weighted by atomic mass is 9.72. The molecular formula is C20H30N2O3. The quantitative estimate of drug-likeness (QED) is 0.820. The molecule has 1 aromatic rings. The fraction of sp³-hybridized carbons (Fsp3) is 0.750. The zero-order valence-electron chi connectivity index (χ0n) is 15.1. The van der Waals surface area contributed by atoms with Crippen molar-refractivity contribution in [2.45, 2.75) is 38.2 Å². The van der Waals surface area contributed by atoms with Gasteiger partial charge in [-0.15, -0.1) is 0 Å². The minimum Gasteiger partial charge on any atom is -0.491 e. The molecule has 1 aromatic heterocycles. The van der Waals surface area contributed by atoms with Crippen LogP contribution >= 0.6 is 0 Å². The average Bonchev–Trinajstić information content (AvgIpc) is 2.68. The topological polar surface area (TPSA) is 43.8 Å². The molecule has 0 radical (unpaired) electrons. The monoisotopic (exact) mass is 346 g/mol. The van der Waals surface area contributed by atoms with E-state index in [9.17, 15) is 0 Å². The Hall–Kier alpha value is -1.17. The van der Waals surface area contributed by atoms with Crippen molar-refractivity contribution in [2.24, 2.45) is 11.3 Å². The third kappa shape index (κ3) is 4.15. The molecule has 25 heavy (non-hydrogen) atoms. The maximum atomic E-state index is 6.17. The average molecular weight is 346 g/mol. The molecule has 4 heterocycles. The van der Waals surface area contributed by atoms with Gasteiger partial charge in [-0.3, -0.25) is 4.98 Å². The Morgan fingerprint density at radius 2 is 2.16 bits per heavy atom. The molecule has 0 spiro atoms. The molecule has 4 rings (SSSR count). The predicted molar refractivity (Wildman–Crippen MR) is 95.7 cm³/mol. The molecule has 0 N–H and O–H groups in total. The van der Waals surface area contributed by atoms with Crippen molar-refractivity contribution >= 4 is 0 Å². The third-order valence-electron chi connectivity index (χ3n) is 6.09. The van der Waals surface area contributed by atoms with E-state index in [0.717, 1.165) is 64.0 Å². The second kappa shape index (κ2) is 8.02. The standard InChI is InChI=1S/C20H30N2O3/c1-3-18(13-21-8-1)25-16-20-7-2-10-24-19(20)4-9-22(15-20)14-17-5-11-23-12-6-17/h1,3,8,13,17,19H,2,4-7,9-12,14-16H2/t19-,20+/m1/s1. The summed E-state index contributed by atoms with van der Waals surface area (Å²) in [5, 5.41) is 0. The Morgan fingerprint density at radius 3 is 3.00 bits per heavy atom. The van der Waals surface area contributed by atoms with Gasteiger partial charge in [0.1, 0.15) is 5.75 Å². The fourth-order valence-electron chi connectivity index (χ4n) is 4.70. The van der Waals surface area contributed by atoms with E-state index in [4.69, 9.17) is 14.2 Å². The van der Waals surface area contributed by atoms with Crippen LogP contribution in [0.4, 0.5) is 0 Å². The highest BCUT2D eigenvalue weighted by atomic mass is 16.5. The summed E-state index contributed by atoms with van der Waals surface area (Å²) in [5.41, 5.74) is 0.123. The van der Waals surface area contributed by atoms with E-state index in [1.165, 1.54) is 25.8 Å². The van der Waals surface area contributed by atoms with E-state index in [1.54, 1.807) is 12.4 Å². The Morgan fingerprint density at radius 1 is 1.24 bits per heavy atom. The molecule has 0 unspecified atom stereocenters. The van der Waals surface area contributed by atoms with Gasteiger partial charge in [-0.2, -0.15) is 0 Å². The fourth-order valence-corrected chi connectivity index (χ4v) is 4.70. The maximum absolute atomic E-state index is 6.17. The molecule has 2 atom stereocenters. The van der Waals surface area contributed by atoms with Gasteiger partial charge in [0, 0.05) is 51.1 Å². The third-order valence-corrected chi connectivity index (χ3v) is 6.09. The van der Waals surface area contributed by atoms with Gasteiger partial charge >= 0.3 is 0 Å². The Bertz CT molecular complexity index is 535. The summed E-state index contributed by atoms with van der Waals surface area (Å²) in [6.45, 7) is 6.93. The van der Waals surface area contributed by atoms with Crippen LogP contribution in [-0.4, -0.2) is 62.0 Å². The summed E-state index contributed by atoms with van der Waals surface area (Å²) in [6, 6.07) is 3.92. The van der Waals surface area contributed by atoms with E-state index in [1.807, 2.05) is 12.1 Å². The Balaban J connectivity index is 1.41. The molecule has 0 amide bonds. The zero-order valence-corrected chi connectivity index (χ0v) is 15.1. The van der Waals surface area contributed by atoms with Crippen molar-refractivity contribution in [1.29, 1.82) is 0 Å². The largest absolute Gasteiger partial charge is 0.491 e. The number of aromatic nitrogens is 1. The van der Waals surface area contributed by atoms with Crippen LogP contribution in [0.5, 0.6) is 5.75 Å². The minimum absolute atomic E-state index is 0.123. The predicted octanol–water partition coefficient (Wildman–Crippen LogP) is 2.76. The molecule has 3 aliphatic rings. The van der Waals surface area contributed by atoms with Gasteiger partial charge < -0.3 is 19.1 Å². The van der Waals surface area contributed by atoms with E-state index >= 15 is 0 Å². The summed E-state index contributed by atoms with van der Waals surface area (Å²) < 4.78 is 17.8. The van der Waals surface area contributed by atoms with Gasteiger partial charge in [0.15, 0.2) is 0 Å². The van der Waals surface area contributed by atoms with Crippen molar-refractivity contribution in [3.8, 4) is 5.75 Å². The van der Waals surface area contributed by atoms with Crippen LogP contribution in [0.25, 0.3) is 0 Å².